The third-order valence-corrected chi connectivity index (χ3v) is 15.7. The number of benzene rings is 2. The van der Waals surface area contributed by atoms with E-state index in [9.17, 15) is 59.7 Å². The fraction of sp³-hybridized carbons (Fsp3) is 0.444. The van der Waals surface area contributed by atoms with Gasteiger partial charge >= 0.3 is 118 Å². The molecule has 2 aliphatic heterocycles. The number of hydrogen-bond acceptors (Lipinski definition) is 14. The Kier molecular flexibility index (Phi) is 23.9. The maximum atomic E-state index is 12.3. The Hall–Kier alpha value is 0.680. The summed E-state index contributed by atoms with van der Waals surface area (Å²) in [6.07, 6.45) is 9.22. The summed E-state index contributed by atoms with van der Waals surface area (Å²) >= 11 is 0. The van der Waals surface area contributed by atoms with Gasteiger partial charge in [0.2, 0.25) is 11.6 Å². The number of carbonyl (C=O) groups excluding carboxylic acids is 1. The van der Waals surface area contributed by atoms with E-state index in [0.29, 0.717) is 42.6 Å². The molecule has 4 rings (SSSR count). The monoisotopic (exact) mass is 961 g/mol. The molecular weight excluding hydrogens is 916 g/mol. The zero-order valence-electron chi connectivity index (χ0n) is 35.9. The van der Waals surface area contributed by atoms with E-state index in [1.165, 1.54) is 24.3 Å². The Morgan fingerprint density at radius 3 is 1.93 bits per heavy atom. The maximum Gasteiger partial charge on any atom is 1.00 e. The number of rotatable bonds is 17. The van der Waals surface area contributed by atoms with Crippen LogP contribution in [0.3, 0.4) is 0 Å². The molecule has 0 spiro atoms. The van der Waals surface area contributed by atoms with Crippen molar-refractivity contribution in [1.29, 1.82) is 0 Å². The first-order valence-corrected chi connectivity index (χ1v) is 23.7. The minimum absolute atomic E-state index is 0. The standard InChI is InChI=1S/C36H49N3O14P2S2.4Na/c1-34(2)27-23-25(56(48,49)50)16-18-29(27)38(5)31(34)13-8-6-9-14-32-35(3,4)28-24-26(57(51,52)53)17-19-30(28)39(32)22-11-7-10-15-33(40)37-21-12-20-36(41,54(42,43)44)55(45,46)47;;;;/h6,8-9,13-14,16-19,23-24,41H,7,10-12,15,20-22H2,1-5H3,(H6-,37,40,42,43,44,45,46,47,48,49,50,51,52,53);;;;/q;4*+1/p-4. The van der Waals surface area contributed by atoms with E-state index in [4.69, 9.17) is 4.89 Å². The Morgan fingerprint density at radius 2 is 1.39 bits per heavy atom. The van der Waals surface area contributed by atoms with E-state index in [1.54, 1.807) is 18.2 Å². The average Bonchev–Trinajstić information content (AvgIpc) is 3.41. The summed E-state index contributed by atoms with van der Waals surface area (Å²) in [4.78, 5) is 56.6. The molecule has 0 aliphatic carbocycles. The van der Waals surface area contributed by atoms with Crippen molar-refractivity contribution in [3.8, 4) is 0 Å². The van der Waals surface area contributed by atoms with Crippen LogP contribution in [0.15, 0.2) is 82.3 Å². The van der Waals surface area contributed by atoms with Crippen LogP contribution in [-0.2, 0) is 45.0 Å². The summed E-state index contributed by atoms with van der Waals surface area (Å²) in [5, 5.41) is 8.36. The number of allylic oxidation sites excluding steroid dienone is 6. The third kappa shape index (κ3) is 14.3. The van der Waals surface area contributed by atoms with Crippen molar-refractivity contribution in [2.24, 2.45) is 0 Å². The van der Waals surface area contributed by atoms with Crippen LogP contribution in [0, 0.1) is 0 Å². The van der Waals surface area contributed by atoms with Crippen LogP contribution in [0.25, 0.3) is 0 Å². The van der Waals surface area contributed by atoms with E-state index >= 15 is 0 Å². The van der Waals surface area contributed by atoms with Gasteiger partial charge in [0.25, 0.3) is 0 Å². The number of fused-ring (bicyclic) bond motifs is 2. The van der Waals surface area contributed by atoms with E-state index in [1.807, 2.05) is 68.5 Å². The third-order valence-electron chi connectivity index (χ3n) is 10.4. The topological polar surface area (TPSA) is 294 Å². The molecule has 2 aliphatic rings. The number of hydrogen-bond donors (Lipinski definition) is 3. The second kappa shape index (κ2) is 23.6. The fourth-order valence-electron chi connectivity index (χ4n) is 7.19. The molecule has 0 fully saturated rings. The summed E-state index contributed by atoms with van der Waals surface area (Å²) in [5.41, 5.74) is 3.09. The molecule has 3 N–H and O–H groups in total. The van der Waals surface area contributed by atoms with Crippen molar-refractivity contribution < 1.29 is 187 Å². The number of unbranched alkanes of at least 4 members (excludes halogenated alkanes) is 2. The molecular formula is C36H45N3Na4O14P2S2. The minimum Gasteiger partial charge on any atom is -0.808 e. The minimum atomic E-state index is -6.15. The molecule has 0 aromatic heterocycles. The number of nitrogens with zero attached hydrogens (tertiary/aromatic N) is 2. The number of anilines is 1. The van der Waals surface area contributed by atoms with Crippen LogP contribution in [0.2, 0.25) is 0 Å². The maximum absolute atomic E-state index is 12.3. The Bertz CT molecular complexity index is 2360. The van der Waals surface area contributed by atoms with Crippen molar-refractivity contribution in [3.63, 3.8) is 0 Å². The van der Waals surface area contributed by atoms with Crippen molar-refractivity contribution in [1.82, 2.24) is 5.32 Å². The molecule has 2 heterocycles. The predicted octanol–water partition coefficient (Wildman–Crippen LogP) is -10.1. The van der Waals surface area contributed by atoms with E-state index in [2.05, 4.69) is 5.32 Å². The smallest absolute Gasteiger partial charge is 0.808 e. The van der Waals surface area contributed by atoms with Crippen LogP contribution in [0.4, 0.5) is 11.4 Å². The number of carbonyl (C=O) groups is 1. The molecule has 61 heavy (non-hydrogen) atoms. The zero-order chi connectivity index (χ0) is 43.0. The van der Waals surface area contributed by atoms with Gasteiger partial charge < -0.3 is 53.1 Å². The Morgan fingerprint density at radius 1 is 0.836 bits per heavy atom. The first-order chi connectivity index (χ1) is 26.0. The molecule has 2 aromatic rings. The van der Waals surface area contributed by atoms with E-state index < -0.39 is 70.1 Å². The van der Waals surface area contributed by atoms with E-state index in [-0.39, 0.29) is 141 Å². The molecule has 2 atom stereocenters. The van der Waals surface area contributed by atoms with Gasteiger partial charge in [0.1, 0.15) is 27.3 Å². The van der Waals surface area contributed by atoms with Crippen LogP contribution < -0.4 is 143 Å². The Labute approximate surface area is 446 Å². The average molecular weight is 962 g/mol. The normalized spacial score (nSPS) is 18.3. The van der Waals surface area contributed by atoms with Gasteiger partial charge in [0.05, 0.1) is 15.2 Å². The van der Waals surface area contributed by atoms with Gasteiger partial charge in [-0.1, -0.05) is 38.5 Å². The second-order valence-corrected chi connectivity index (χ2v) is 21.6. The van der Waals surface area contributed by atoms with Gasteiger partial charge in [-0.25, -0.2) is 16.8 Å². The summed E-state index contributed by atoms with van der Waals surface area (Å²) < 4.78 is 95.2. The SMILES string of the molecule is C[N+]1=C(/C=C/C=C/C=C2/N(CCCCCC(=O)NCCCC(O)(P(=O)([O-])[O-])P(=O)([O-])O)c3ccc(S(=O)(=O)[O-])cc3C2(C)C)C(C)(C)c2cc(S(=O)(=O)[O-])ccc21.[Na+].[Na+].[Na+].[Na+]. The first kappa shape index (κ1) is 61.7. The summed E-state index contributed by atoms with van der Waals surface area (Å²) in [6, 6.07) is 8.50. The number of nitrogens with one attached hydrogen (secondary N) is 1. The second-order valence-electron chi connectivity index (χ2n) is 15.0. The van der Waals surface area contributed by atoms with Crippen molar-refractivity contribution in [2.45, 2.75) is 91.9 Å². The summed E-state index contributed by atoms with van der Waals surface area (Å²) in [6.45, 7) is 7.83. The molecule has 17 nitrogen and oxygen atoms in total. The van der Waals surface area contributed by atoms with Gasteiger partial charge in [-0.2, -0.15) is 4.58 Å². The van der Waals surface area contributed by atoms with Gasteiger partial charge in [0, 0.05) is 54.0 Å². The molecule has 314 valence electrons. The summed E-state index contributed by atoms with van der Waals surface area (Å²) in [7, 11) is -19.6. The van der Waals surface area contributed by atoms with Gasteiger partial charge in [-0.3, -0.25) is 4.79 Å². The predicted molar refractivity (Wildman–Crippen MR) is 203 cm³/mol. The number of amides is 1. The molecule has 0 bridgehead atoms. The molecule has 1 amide bonds. The quantitative estimate of drug-likeness (QED) is 0.0331. The van der Waals surface area contributed by atoms with Crippen molar-refractivity contribution in [3.05, 3.63) is 83.6 Å². The number of aliphatic hydroxyl groups is 1. The molecule has 0 saturated heterocycles. The van der Waals surface area contributed by atoms with Gasteiger partial charge in [0.15, 0.2) is 18.4 Å². The molecule has 2 unspecified atom stereocenters. The van der Waals surface area contributed by atoms with Crippen molar-refractivity contribution in [2.75, 3.05) is 25.0 Å². The summed E-state index contributed by atoms with van der Waals surface area (Å²) in [5.74, 6) is -0.451. The molecule has 2 aromatic carbocycles. The molecule has 25 heteroatoms. The van der Waals surface area contributed by atoms with Crippen LogP contribution in [0.5, 0.6) is 0 Å². The van der Waals surface area contributed by atoms with Crippen LogP contribution in [-0.4, -0.2) is 77.4 Å². The van der Waals surface area contributed by atoms with Crippen LogP contribution >= 0.6 is 15.2 Å². The van der Waals surface area contributed by atoms with E-state index in [0.717, 1.165) is 17.1 Å². The van der Waals surface area contributed by atoms with Gasteiger partial charge in [-0.15, -0.1) is 0 Å². The van der Waals surface area contributed by atoms with Gasteiger partial charge in [-0.05, 0) is 89.1 Å². The van der Waals surface area contributed by atoms with Crippen molar-refractivity contribution >= 4 is 58.4 Å². The first-order valence-electron chi connectivity index (χ1n) is 17.8. The molecule has 0 saturated carbocycles. The Balaban J connectivity index is 0.00000900. The molecule has 0 radical (unpaired) electrons. The largest absolute Gasteiger partial charge is 1.00 e. The fourth-order valence-corrected chi connectivity index (χ4v) is 10.3. The zero-order valence-corrected chi connectivity index (χ0v) is 47.3. The van der Waals surface area contributed by atoms with Crippen LogP contribution in [0.1, 0.15) is 77.3 Å².